The average Bonchev–Trinajstić information content (AvgIpc) is 3.24. The molecule has 1 amide bonds. The Hall–Kier alpha value is -2.67. The summed E-state index contributed by atoms with van der Waals surface area (Å²) in [6.07, 6.45) is -0.614. The molecule has 23 heavy (non-hydrogen) atoms. The molecule has 2 heterocycles. The molecule has 0 aliphatic heterocycles. The van der Waals surface area contributed by atoms with Crippen LogP contribution in [0.5, 0.6) is 5.75 Å². The van der Waals surface area contributed by atoms with E-state index in [9.17, 15) is 4.79 Å². The van der Waals surface area contributed by atoms with Crippen LogP contribution in [0.15, 0.2) is 52.4 Å². The molecular weight excluding hydrogens is 314 g/mol. The number of carbonyl (C=O) groups is 1. The van der Waals surface area contributed by atoms with Crippen molar-refractivity contribution in [2.75, 3.05) is 0 Å². The highest BCUT2D eigenvalue weighted by Gasteiger charge is 2.16. The molecule has 1 unspecified atom stereocenters. The molecule has 0 saturated heterocycles. The van der Waals surface area contributed by atoms with Crippen molar-refractivity contribution < 1.29 is 14.1 Å². The minimum atomic E-state index is -0.614. The molecular formula is C16H15N3O3S. The molecule has 0 spiro atoms. The summed E-state index contributed by atoms with van der Waals surface area (Å²) < 4.78 is 10.7. The number of para-hydroxylation sites is 1. The molecule has 1 aromatic carbocycles. The van der Waals surface area contributed by atoms with Gasteiger partial charge in [-0.2, -0.15) is 4.98 Å². The second-order valence-electron chi connectivity index (χ2n) is 4.78. The van der Waals surface area contributed by atoms with Crippen LogP contribution in [0.4, 0.5) is 0 Å². The largest absolute Gasteiger partial charge is 0.481 e. The number of thiophene rings is 1. The molecule has 0 aliphatic rings. The van der Waals surface area contributed by atoms with Crippen LogP contribution in [0.3, 0.4) is 0 Å². The Balaban J connectivity index is 1.52. The van der Waals surface area contributed by atoms with Gasteiger partial charge < -0.3 is 14.6 Å². The van der Waals surface area contributed by atoms with Crippen molar-refractivity contribution in [3.8, 4) is 16.5 Å². The minimum absolute atomic E-state index is 0.166. The highest BCUT2D eigenvalue weighted by molar-refractivity contribution is 7.13. The SMILES string of the molecule is CC(Oc1ccccc1)C(=O)NCc1nc(-c2cccs2)no1. The van der Waals surface area contributed by atoms with Crippen LogP contribution in [-0.2, 0) is 11.3 Å². The number of hydrogen-bond acceptors (Lipinski definition) is 6. The molecule has 6 nitrogen and oxygen atoms in total. The Morgan fingerprint density at radius 1 is 1.30 bits per heavy atom. The second-order valence-corrected chi connectivity index (χ2v) is 5.73. The summed E-state index contributed by atoms with van der Waals surface area (Å²) in [7, 11) is 0. The monoisotopic (exact) mass is 329 g/mol. The molecule has 0 radical (unpaired) electrons. The van der Waals surface area contributed by atoms with Gasteiger partial charge in [0.15, 0.2) is 6.10 Å². The van der Waals surface area contributed by atoms with Crippen LogP contribution in [0.2, 0.25) is 0 Å². The van der Waals surface area contributed by atoms with Crippen molar-refractivity contribution in [2.45, 2.75) is 19.6 Å². The minimum Gasteiger partial charge on any atom is -0.481 e. The molecule has 3 rings (SSSR count). The van der Waals surface area contributed by atoms with E-state index in [0.717, 1.165) is 4.88 Å². The fraction of sp³-hybridized carbons (Fsp3) is 0.188. The summed E-state index contributed by atoms with van der Waals surface area (Å²) in [6.45, 7) is 1.85. The Kier molecular flexibility index (Phi) is 4.68. The third-order valence-electron chi connectivity index (χ3n) is 3.05. The lowest BCUT2D eigenvalue weighted by molar-refractivity contribution is -0.127. The summed E-state index contributed by atoms with van der Waals surface area (Å²) in [5.74, 6) is 1.28. The van der Waals surface area contributed by atoms with E-state index in [2.05, 4.69) is 15.5 Å². The summed E-state index contributed by atoms with van der Waals surface area (Å²) in [5, 5.41) is 8.55. The molecule has 0 saturated carbocycles. The summed E-state index contributed by atoms with van der Waals surface area (Å²) in [5.41, 5.74) is 0. The van der Waals surface area contributed by atoms with Crippen LogP contribution in [0, 0.1) is 0 Å². The maximum atomic E-state index is 12.0. The van der Waals surface area contributed by atoms with Gasteiger partial charge in [-0.25, -0.2) is 0 Å². The van der Waals surface area contributed by atoms with Gasteiger partial charge in [-0.1, -0.05) is 29.4 Å². The fourth-order valence-electron chi connectivity index (χ4n) is 1.90. The van der Waals surface area contributed by atoms with E-state index in [1.807, 2.05) is 35.7 Å². The van der Waals surface area contributed by atoms with Crippen molar-refractivity contribution in [3.05, 3.63) is 53.7 Å². The van der Waals surface area contributed by atoms with E-state index >= 15 is 0 Å². The van der Waals surface area contributed by atoms with E-state index in [4.69, 9.17) is 9.26 Å². The Bertz CT molecular complexity index is 756. The number of benzene rings is 1. The first-order chi connectivity index (χ1) is 11.2. The van der Waals surface area contributed by atoms with Gasteiger partial charge in [-0.3, -0.25) is 4.79 Å². The van der Waals surface area contributed by atoms with Crippen LogP contribution >= 0.6 is 11.3 Å². The van der Waals surface area contributed by atoms with Crippen LogP contribution in [0.1, 0.15) is 12.8 Å². The quantitative estimate of drug-likeness (QED) is 0.752. The first kappa shape index (κ1) is 15.2. The number of nitrogens with one attached hydrogen (secondary N) is 1. The van der Waals surface area contributed by atoms with Crippen molar-refractivity contribution in [1.29, 1.82) is 0 Å². The molecule has 2 aromatic heterocycles. The number of aromatic nitrogens is 2. The molecule has 3 aromatic rings. The van der Waals surface area contributed by atoms with Gasteiger partial charge in [-0.15, -0.1) is 11.3 Å². The lowest BCUT2D eigenvalue weighted by Gasteiger charge is -2.13. The van der Waals surface area contributed by atoms with Gasteiger partial charge in [0.25, 0.3) is 5.91 Å². The smallest absolute Gasteiger partial charge is 0.261 e. The van der Waals surface area contributed by atoms with E-state index in [1.54, 1.807) is 19.1 Å². The number of ether oxygens (including phenoxy) is 1. The topological polar surface area (TPSA) is 77.2 Å². The maximum absolute atomic E-state index is 12.0. The van der Waals surface area contributed by atoms with Crippen molar-refractivity contribution in [1.82, 2.24) is 15.5 Å². The van der Waals surface area contributed by atoms with E-state index in [0.29, 0.717) is 17.5 Å². The van der Waals surface area contributed by atoms with E-state index < -0.39 is 6.10 Å². The third-order valence-corrected chi connectivity index (χ3v) is 3.91. The number of amides is 1. The van der Waals surface area contributed by atoms with Crippen LogP contribution in [0.25, 0.3) is 10.7 Å². The lowest BCUT2D eigenvalue weighted by atomic mass is 10.3. The van der Waals surface area contributed by atoms with Crippen molar-refractivity contribution >= 4 is 17.2 Å². The second kappa shape index (κ2) is 7.06. The molecule has 1 N–H and O–H groups in total. The van der Waals surface area contributed by atoms with Crippen molar-refractivity contribution in [2.24, 2.45) is 0 Å². The molecule has 0 aliphatic carbocycles. The Morgan fingerprint density at radius 3 is 2.87 bits per heavy atom. The third kappa shape index (κ3) is 3.95. The zero-order valence-corrected chi connectivity index (χ0v) is 13.2. The standard InChI is InChI=1S/C16H15N3O3S/c1-11(21-12-6-3-2-4-7-12)16(20)17-10-14-18-15(19-22-14)13-8-5-9-23-13/h2-9,11H,10H2,1H3,(H,17,20). The highest BCUT2D eigenvalue weighted by atomic mass is 32.1. The molecule has 0 fully saturated rings. The zero-order valence-electron chi connectivity index (χ0n) is 12.4. The maximum Gasteiger partial charge on any atom is 0.261 e. The molecule has 0 bridgehead atoms. The fourth-order valence-corrected chi connectivity index (χ4v) is 2.54. The Labute approximate surface area is 137 Å². The van der Waals surface area contributed by atoms with Gasteiger partial charge in [0, 0.05) is 0 Å². The molecule has 118 valence electrons. The predicted molar refractivity (Wildman–Crippen MR) is 86.0 cm³/mol. The van der Waals surface area contributed by atoms with Gasteiger partial charge in [0.2, 0.25) is 11.7 Å². The highest BCUT2D eigenvalue weighted by Crippen LogP contribution is 2.21. The molecule has 7 heteroatoms. The first-order valence-electron chi connectivity index (χ1n) is 7.08. The summed E-state index contributed by atoms with van der Waals surface area (Å²) in [6, 6.07) is 13.0. The van der Waals surface area contributed by atoms with Crippen LogP contribution in [-0.4, -0.2) is 22.2 Å². The van der Waals surface area contributed by atoms with Gasteiger partial charge >= 0.3 is 0 Å². The summed E-state index contributed by atoms with van der Waals surface area (Å²) in [4.78, 5) is 17.2. The van der Waals surface area contributed by atoms with E-state index in [-0.39, 0.29) is 12.5 Å². The van der Waals surface area contributed by atoms with Gasteiger partial charge in [-0.05, 0) is 30.5 Å². The van der Waals surface area contributed by atoms with Gasteiger partial charge in [0.1, 0.15) is 5.75 Å². The average molecular weight is 329 g/mol. The number of nitrogens with zero attached hydrogens (tertiary/aromatic N) is 2. The zero-order chi connectivity index (χ0) is 16.1. The first-order valence-corrected chi connectivity index (χ1v) is 7.96. The predicted octanol–water partition coefficient (Wildman–Crippen LogP) is 2.88. The number of carbonyl (C=O) groups excluding carboxylic acids is 1. The molecule has 1 atom stereocenters. The normalized spacial score (nSPS) is 11.9. The van der Waals surface area contributed by atoms with Gasteiger partial charge in [0.05, 0.1) is 11.4 Å². The Morgan fingerprint density at radius 2 is 2.13 bits per heavy atom. The van der Waals surface area contributed by atoms with Crippen molar-refractivity contribution in [3.63, 3.8) is 0 Å². The van der Waals surface area contributed by atoms with Crippen LogP contribution < -0.4 is 10.1 Å². The number of hydrogen-bond donors (Lipinski definition) is 1. The van der Waals surface area contributed by atoms with E-state index in [1.165, 1.54) is 11.3 Å². The number of rotatable bonds is 6. The summed E-state index contributed by atoms with van der Waals surface area (Å²) >= 11 is 1.53. The lowest BCUT2D eigenvalue weighted by Crippen LogP contribution is -2.35.